The van der Waals surface area contributed by atoms with Crippen molar-refractivity contribution in [3.8, 4) is 0 Å². The Morgan fingerprint density at radius 1 is 1.69 bits per heavy atom. The molecule has 1 rings (SSSR count). The minimum absolute atomic E-state index is 0.000142. The van der Waals surface area contributed by atoms with E-state index in [4.69, 9.17) is 0 Å². The van der Waals surface area contributed by atoms with E-state index in [1.165, 1.54) is 12.0 Å². The van der Waals surface area contributed by atoms with Crippen molar-refractivity contribution >= 4 is 11.9 Å². The summed E-state index contributed by atoms with van der Waals surface area (Å²) in [6.07, 6.45) is 0. The zero-order chi connectivity index (χ0) is 10.0. The number of methoxy groups -OCH3 is 1. The molecule has 1 aliphatic rings. The topological polar surface area (TPSA) is 58.6 Å². The highest BCUT2D eigenvalue weighted by Crippen LogP contribution is 2.04. The molecule has 0 aromatic rings. The van der Waals surface area contributed by atoms with E-state index in [0.29, 0.717) is 6.54 Å². The molecule has 0 radical (unpaired) electrons. The van der Waals surface area contributed by atoms with Crippen LogP contribution in [-0.4, -0.2) is 49.6 Å². The van der Waals surface area contributed by atoms with Crippen LogP contribution in [0.3, 0.4) is 0 Å². The molecule has 0 aromatic carbocycles. The first-order chi connectivity index (χ1) is 6.06. The number of ether oxygens (including phenoxy) is 1. The monoisotopic (exact) mass is 186 g/mol. The van der Waals surface area contributed by atoms with E-state index in [1.807, 2.05) is 0 Å². The zero-order valence-corrected chi connectivity index (χ0v) is 8.03. The molecule has 0 aliphatic carbocycles. The fraction of sp³-hybridized carbons (Fsp3) is 0.750. The minimum Gasteiger partial charge on any atom is -0.468 e. The van der Waals surface area contributed by atoms with Crippen LogP contribution in [0.25, 0.3) is 0 Å². The third-order valence-electron chi connectivity index (χ3n) is 2.14. The van der Waals surface area contributed by atoms with Gasteiger partial charge in [0.1, 0.15) is 6.04 Å². The smallest absolute Gasteiger partial charge is 0.324 e. The van der Waals surface area contributed by atoms with Crippen LogP contribution in [-0.2, 0) is 14.3 Å². The van der Waals surface area contributed by atoms with Gasteiger partial charge in [-0.3, -0.25) is 14.9 Å². The highest BCUT2D eigenvalue weighted by Gasteiger charge is 2.32. The molecule has 2 atom stereocenters. The van der Waals surface area contributed by atoms with Gasteiger partial charge in [-0.2, -0.15) is 0 Å². The number of hydrogen-bond donors (Lipinski definition) is 1. The average molecular weight is 186 g/mol. The first-order valence-electron chi connectivity index (χ1n) is 4.15. The maximum absolute atomic E-state index is 11.3. The Balaban J connectivity index is 2.63. The lowest BCUT2D eigenvalue weighted by molar-refractivity contribution is -0.147. The van der Waals surface area contributed by atoms with E-state index in [9.17, 15) is 9.59 Å². The van der Waals surface area contributed by atoms with Crippen molar-refractivity contribution in [3.63, 3.8) is 0 Å². The van der Waals surface area contributed by atoms with Crippen LogP contribution >= 0.6 is 0 Å². The van der Waals surface area contributed by atoms with Crippen molar-refractivity contribution in [1.82, 2.24) is 10.2 Å². The predicted octanol–water partition coefficient (Wildman–Crippen LogP) is -1.02. The fourth-order valence-corrected chi connectivity index (χ4v) is 1.41. The number of nitrogens with zero attached hydrogens (tertiary/aromatic N) is 1. The molecule has 5 heteroatoms. The van der Waals surface area contributed by atoms with Crippen molar-refractivity contribution in [2.75, 3.05) is 20.7 Å². The summed E-state index contributed by atoms with van der Waals surface area (Å²) in [5, 5.41) is 2.88. The van der Waals surface area contributed by atoms with Crippen molar-refractivity contribution in [2.45, 2.75) is 19.0 Å². The number of hydrogen-bond acceptors (Lipinski definition) is 4. The van der Waals surface area contributed by atoms with Crippen LogP contribution in [0.2, 0.25) is 0 Å². The number of esters is 1. The van der Waals surface area contributed by atoms with Crippen LogP contribution in [0, 0.1) is 0 Å². The third kappa shape index (κ3) is 1.98. The fourth-order valence-electron chi connectivity index (χ4n) is 1.41. The van der Waals surface area contributed by atoms with Crippen LogP contribution in [0.5, 0.6) is 0 Å². The normalized spacial score (nSPS) is 28.8. The minimum atomic E-state index is -0.400. The molecule has 0 spiro atoms. The Morgan fingerprint density at radius 2 is 2.31 bits per heavy atom. The first kappa shape index (κ1) is 9.98. The molecule has 1 fully saturated rings. The molecule has 1 saturated heterocycles. The summed E-state index contributed by atoms with van der Waals surface area (Å²) in [4.78, 5) is 24.0. The van der Waals surface area contributed by atoms with E-state index in [1.54, 1.807) is 14.0 Å². The maximum atomic E-state index is 11.3. The average Bonchev–Trinajstić information content (AvgIpc) is 2.12. The zero-order valence-electron chi connectivity index (χ0n) is 8.03. The Morgan fingerprint density at radius 3 is 2.77 bits per heavy atom. The summed E-state index contributed by atoms with van der Waals surface area (Å²) in [6, 6.07) is -0.717. The number of piperazine rings is 1. The van der Waals surface area contributed by atoms with Gasteiger partial charge >= 0.3 is 5.97 Å². The van der Waals surface area contributed by atoms with Gasteiger partial charge in [-0.1, -0.05) is 0 Å². The molecule has 1 N–H and O–H groups in total. The number of amides is 1. The second kappa shape index (κ2) is 3.74. The van der Waals surface area contributed by atoms with Gasteiger partial charge in [-0.05, 0) is 6.92 Å². The number of carbonyl (C=O) groups is 2. The Labute approximate surface area is 77.0 Å². The molecular weight excluding hydrogens is 172 g/mol. The molecule has 0 aromatic heterocycles. The predicted molar refractivity (Wildman–Crippen MR) is 46.0 cm³/mol. The van der Waals surface area contributed by atoms with Gasteiger partial charge in [-0.25, -0.2) is 0 Å². The number of nitrogens with one attached hydrogen (secondary N) is 1. The summed E-state index contributed by atoms with van der Waals surface area (Å²) >= 11 is 0. The number of likely N-dealkylation sites (N-methyl/N-ethyl adjacent to an activating group) is 1. The van der Waals surface area contributed by atoms with Gasteiger partial charge in [0.15, 0.2) is 0 Å². The molecule has 0 saturated carbocycles. The van der Waals surface area contributed by atoms with Crippen molar-refractivity contribution in [2.24, 2.45) is 0 Å². The lowest BCUT2D eigenvalue weighted by atomic mass is 10.1. The highest BCUT2D eigenvalue weighted by molar-refractivity contribution is 5.86. The molecule has 1 heterocycles. The van der Waals surface area contributed by atoms with Gasteiger partial charge in [0.2, 0.25) is 5.91 Å². The second-order valence-electron chi connectivity index (χ2n) is 3.18. The van der Waals surface area contributed by atoms with Crippen LogP contribution < -0.4 is 5.32 Å². The van der Waals surface area contributed by atoms with Gasteiger partial charge in [0.05, 0.1) is 13.2 Å². The largest absolute Gasteiger partial charge is 0.468 e. The van der Waals surface area contributed by atoms with Crippen LogP contribution in [0.15, 0.2) is 0 Å². The Kier molecular flexibility index (Phi) is 2.87. The lowest BCUT2D eigenvalue weighted by Gasteiger charge is -2.33. The SMILES string of the molecule is COC(=O)C1CN(C)C(=O)C(C)N1. The molecule has 0 bridgehead atoms. The number of carbonyl (C=O) groups excluding carboxylic acids is 2. The third-order valence-corrected chi connectivity index (χ3v) is 2.14. The lowest BCUT2D eigenvalue weighted by Crippen LogP contribution is -2.60. The van der Waals surface area contributed by atoms with Gasteiger partial charge in [0, 0.05) is 13.6 Å². The van der Waals surface area contributed by atoms with E-state index < -0.39 is 6.04 Å². The maximum Gasteiger partial charge on any atom is 0.324 e. The van der Waals surface area contributed by atoms with Crippen LogP contribution in [0.1, 0.15) is 6.92 Å². The molecule has 13 heavy (non-hydrogen) atoms. The van der Waals surface area contributed by atoms with Gasteiger partial charge < -0.3 is 9.64 Å². The Hall–Kier alpha value is -1.10. The van der Waals surface area contributed by atoms with Crippen molar-refractivity contribution in [1.29, 1.82) is 0 Å². The standard InChI is InChI=1S/C8H14N2O3/c1-5-7(11)10(2)4-6(9-5)8(12)13-3/h5-6,9H,4H2,1-3H3. The summed E-state index contributed by atoms with van der Waals surface area (Å²) in [7, 11) is 3.01. The quantitative estimate of drug-likeness (QED) is 0.532. The number of rotatable bonds is 1. The molecule has 1 aliphatic heterocycles. The van der Waals surface area contributed by atoms with E-state index in [2.05, 4.69) is 10.1 Å². The van der Waals surface area contributed by atoms with Crippen LogP contribution in [0.4, 0.5) is 0 Å². The van der Waals surface area contributed by atoms with Gasteiger partial charge in [-0.15, -0.1) is 0 Å². The van der Waals surface area contributed by atoms with E-state index >= 15 is 0 Å². The van der Waals surface area contributed by atoms with Gasteiger partial charge in [0.25, 0.3) is 0 Å². The molecule has 74 valence electrons. The molecule has 2 unspecified atom stereocenters. The molecule has 5 nitrogen and oxygen atoms in total. The van der Waals surface area contributed by atoms with Crippen molar-refractivity contribution < 1.29 is 14.3 Å². The Bertz CT molecular complexity index is 215. The molecule has 1 amide bonds. The second-order valence-corrected chi connectivity index (χ2v) is 3.18. The highest BCUT2D eigenvalue weighted by atomic mass is 16.5. The first-order valence-corrected chi connectivity index (χ1v) is 4.15. The summed E-state index contributed by atoms with van der Waals surface area (Å²) in [5.41, 5.74) is 0. The van der Waals surface area contributed by atoms with E-state index in [0.717, 1.165) is 0 Å². The summed E-state index contributed by atoms with van der Waals surface area (Å²) in [5.74, 6) is -0.327. The summed E-state index contributed by atoms with van der Waals surface area (Å²) < 4.78 is 4.58. The van der Waals surface area contributed by atoms with E-state index in [-0.39, 0.29) is 17.9 Å². The van der Waals surface area contributed by atoms with Crippen molar-refractivity contribution in [3.05, 3.63) is 0 Å². The summed E-state index contributed by atoms with van der Waals surface area (Å²) in [6.45, 7) is 2.10. The molecular formula is C8H14N2O3.